The van der Waals surface area contributed by atoms with Gasteiger partial charge in [0.15, 0.2) is 5.11 Å². The van der Waals surface area contributed by atoms with Crippen LogP contribution in [0.5, 0.6) is 0 Å². The number of thiocarbonyl (C=S) groups is 1. The van der Waals surface area contributed by atoms with Crippen molar-refractivity contribution in [3.05, 3.63) is 75.6 Å². The number of H-pyrrole nitrogens is 1. The lowest BCUT2D eigenvalue weighted by atomic mass is 10.1. The number of benzene rings is 2. The molecule has 0 amide bonds. The van der Waals surface area contributed by atoms with Gasteiger partial charge in [-0.3, -0.25) is 4.79 Å². The molecule has 2 N–H and O–H groups in total. The van der Waals surface area contributed by atoms with Crippen LogP contribution in [0, 0.1) is 6.92 Å². The van der Waals surface area contributed by atoms with Gasteiger partial charge in [-0.2, -0.15) is 0 Å². The highest BCUT2D eigenvalue weighted by Crippen LogP contribution is 2.20. The Hall–Kier alpha value is -2.70. The molecule has 0 aliphatic carbocycles. The van der Waals surface area contributed by atoms with Gasteiger partial charge >= 0.3 is 0 Å². The second-order valence-corrected chi connectivity index (χ2v) is 8.56. The lowest BCUT2D eigenvalue weighted by Crippen LogP contribution is -2.40. The van der Waals surface area contributed by atoms with Gasteiger partial charge in [0, 0.05) is 29.9 Å². The molecule has 1 saturated heterocycles. The summed E-state index contributed by atoms with van der Waals surface area (Å²) in [6, 6.07) is 16.2. The van der Waals surface area contributed by atoms with Gasteiger partial charge in [-0.1, -0.05) is 36.8 Å². The maximum absolute atomic E-state index is 12.8. The van der Waals surface area contributed by atoms with Gasteiger partial charge in [0.25, 0.3) is 5.56 Å². The number of pyridine rings is 1. The summed E-state index contributed by atoms with van der Waals surface area (Å²) in [5, 5.41) is 5.05. The third-order valence-corrected chi connectivity index (χ3v) is 6.17. The summed E-state index contributed by atoms with van der Waals surface area (Å²) in [7, 11) is 0. The average molecular weight is 436 g/mol. The highest BCUT2D eigenvalue weighted by molar-refractivity contribution is 7.80. The summed E-state index contributed by atoms with van der Waals surface area (Å²) in [5.41, 5.74) is 4.85. The van der Waals surface area contributed by atoms with Crippen molar-refractivity contribution in [2.24, 2.45) is 0 Å². The minimum atomic E-state index is -0.0783. The molecule has 5 nitrogen and oxygen atoms in total. The van der Waals surface area contributed by atoms with Crippen molar-refractivity contribution >= 4 is 33.9 Å². The Labute approximate surface area is 188 Å². The summed E-state index contributed by atoms with van der Waals surface area (Å²) < 4.78 is 5.87. The molecule has 1 aliphatic heterocycles. The van der Waals surface area contributed by atoms with Crippen LogP contribution in [0.3, 0.4) is 0 Å². The van der Waals surface area contributed by atoms with Crippen LogP contribution < -0.4 is 10.9 Å². The number of rotatable bonds is 6. The van der Waals surface area contributed by atoms with Crippen LogP contribution in [-0.4, -0.2) is 34.3 Å². The van der Waals surface area contributed by atoms with Crippen molar-refractivity contribution in [3.8, 4) is 0 Å². The van der Waals surface area contributed by atoms with E-state index < -0.39 is 0 Å². The maximum Gasteiger partial charge on any atom is 0.253 e. The van der Waals surface area contributed by atoms with E-state index in [2.05, 4.69) is 41.2 Å². The van der Waals surface area contributed by atoms with Gasteiger partial charge in [-0.05, 0) is 73.6 Å². The van der Waals surface area contributed by atoms with Crippen LogP contribution in [0.2, 0.25) is 0 Å². The quantitative estimate of drug-likeness (QED) is 0.546. The number of hydrogen-bond donors (Lipinski definition) is 2. The summed E-state index contributed by atoms with van der Waals surface area (Å²) >= 11 is 5.81. The van der Waals surface area contributed by atoms with Gasteiger partial charge in [0.05, 0.1) is 12.6 Å². The SMILES string of the molecule is CCc1ccccc1NC(=S)N(Cc1cc2cc(C)ccc2[nH]c1=O)CC1CCCO1. The van der Waals surface area contributed by atoms with Gasteiger partial charge in [0.1, 0.15) is 0 Å². The molecular formula is C25H29N3O2S. The predicted molar refractivity (Wildman–Crippen MR) is 131 cm³/mol. The molecule has 2 aromatic carbocycles. The molecule has 2 heterocycles. The van der Waals surface area contributed by atoms with Gasteiger partial charge < -0.3 is 19.9 Å². The molecule has 1 fully saturated rings. The minimum Gasteiger partial charge on any atom is -0.376 e. The molecule has 162 valence electrons. The van der Waals surface area contributed by atoms with Gasteiger partial charge in [0.2, 0.25) is 0 Å². The molecule has 3 aromatic rings. The number of ether oxygens (including phenoxy) is 1. The fraction of sp³-hybridized carbons (Fsp3) is 0.360. The first kappa shape index (κ1) is 21.5. The maximum atomic E-state index is 12.8. The van der Waals surface area contributed by atoms with E-state index >= 15 is 0 Å². The van der Waals surface area contributed by atoms with Crippen molar-refractivity contribution in [2.45, 2.75) is 45.8 Å². The zero-order valence-corrected chi connectivity index (χ0v) is 18.9. The number of para-hydroxylation sites is 1. The molecule has 0 bridgehead atoms. The van der Waals surface area contributed by atoms with Crippen LogP contribution in [0.4, 0.5) is 5.69 Å². The molecule has 1 aromatic heterocycles. The van der Waals surface area contributed by atoms with Crippen molar-refractivity contribution in [2.75, 3.05) is 18.5 Å². The summed E-state index contributed by atoms with van der Waals surface area (Å²) in [6.45, 7) is 6.06. The Morgan fingerprint density at radius 3 is 2.84 bits per heavy atom. The molecule has 6 heteroatoms. The monoisotopic (exact) mass is 435 g/mol. The highest BCUT2D eigenvalue weighted by atomic mass is 32.1. The number of hydrogen-bond acceptors (Lipinski definition) is 3. The molecule has 1 atom stereocenters. The minimum absolute atomic E-state index is 0.0783. The number of anilines is 1. The van der Waals surface area contributed by atoms with Crippen LogP contribution in [0.15, 0.2) is 53.3 Å². The fourth-order valence-corrected chi connectivity index (χ4v) is 4.34. The van der Waals surface area contributed by atoms with E-state index in [1.165, 1.54) is 5.56 Å². The van der Waals surface area contributed by atoms with Crippen LogP contribution in [0.25, 0.3) is 10.9 Å². The van der Waals surface area contributed by atoms with E-state index in [0.29, 0.717) is 23.8 Å². The molecule has 31 heavy (non-hydrogen) atoms. The molecule has 0 spiro atoms. The number of aryl methyl sites for hydroxylation is 2. The number of nitrogens with zero attached hydrogens (tertiary/aromatic N) is 1. The summed E-state index contributed by atoms with van der Waals surface area (Å²) in [6.07, 6.45) is 3.12. The number of aromatic amines is 1. The van der Waals surface area contributed by atoms with Crippen LogP contribution in [0.1, 0.15) is 36.5 Å². The topological polar surface area (TPSA) is 57.4 Å². The summed E-state index contributed by atoms with van der Waals surface area (Å²) in [4.78, 5) is 17.9. The third-order valence-electron chi connectivity index (χ3n) is 5.81. The predicted octanol–water partition coefficient (Wildman–Crippen LogP) is 4.78. The third kappa shape index (κ3) is 5.14. The van der Waals surface area contributed by atoms with E-state index in [1.54, 1.807) is 0 Å². The first-order valence-electron chi connectivity index (χ1n) is 10.9. The van der Waals surface area contributed by atoms with Crippen molar-refractivity contribution in [1.82, 2.24) is 9.88 Å². The smallest absolute Gasteiger partial charge is 0.253 e. The lowest BCUT2D eigenvalue weighted by molar-refractivity contribution is 0.0904. The van der Waals surface area contributed by atoms with Crippen molar-refractivity contribution in [3.63, 3.8) is 0 Å². The van der Waals surface area contributed by atoms with Crippen LogP contribution >= 0.6 is 12.2 Å². The largest absolute Gasteiger partial charge is 0.376 e. The second kappa shape index (κ2) is 9.62. The summed E-state index contributed by atoms with van der Waals surface area (Å²) in [5.74, 6) is 0. The Morgan fingerprint density at radius 2 is 2.06 bits per heavy atom. The Balaban J connectivity index is 1.61. The molecular weight excluding hydrogens is 406 g/mol. The number of nitrogens with one attached hydrogen (secondary N) is 2. The Morgan fingerprint density at radius 1 is 1.23 bits per heavy atom. The fourth-order valence-electron chi connectivity index (χ4n) is 4.09. The van der Waals surface area contributed by atoms with E-state index in [0.717, 1.165) is 48.0 Å². The van der Waals surface area contributed by atoms with Gasteiger partial charge in [-0.15, -0.1) is 0 Å². The molecule has 0 radical (unpaired) electrons. The first-order valence-corrected chi connectivity index (χ1v) is 11.3. The lowest BCUT2D eigenvalue weighted by Gasteiger charge is -2.28. The van der Waals surface area contributed by atoms with E-state index in [9.17, 15) is 4.79 Å². The van der Waals surface area contributed by atoms with E-state index in [4.69, 9.17) is 17.0 Å². The van der Waals surface area contributed by atoms with E-state index in [-0.39, 0.29) is 11.7 Å². The van der Waals surface area contributed by atoms with Gasteiger partial charge in [-0.25, -0.2) is 0 Å². The standard InChI is InChI=1S/C25H29N3O2S/c1-3-18-7-4-5-9-22(18)27-25(31)28(16-21-8-6-12-30-21)15-20-14-19-13-17(2)10-11-23(19)26-24(20)29/h4-5,7,9-11,13-14,21H,3,6,8,12,15-16H2,1-2H3,(H,26,29)(H,27,31). The Bertz CT molecular complexity index is 1140. The zero-order valence-electron chi connectivity index (χ0n) is 18.1. The number of aromatic nitrogens is 1. The molecule has 0 saturated carbocycles. The molecule has 1 aliphatic rings. The second-order valence-electron chi connectivity index (χ2n) is 8.17. The zero-order chi connectivity index (χ0) is 21.8. The Kier molecular flexibility index (Phi) is 6.68. The van der Waals surface area contributed by atoms with Crippen molar-refractivity contribution < 1.29 is 4.74 Å². The van der Waals surface area contributed by atoms with Crippen molar-refractivity contribution in [1.29, 1.82) is 0 Å². The molecule has 4 rings (SSSR count). The first-order chi connectivity index (χ1) is 15.0. The van der Waals surface area contributed by atoms with E-state index in [1.807, 2.05) is 36.4 Å². The highest BCUT2D eigenvalue weighted by Gasteiger charge is 2.22. The van der Waals surface area contributed by atoms with Crippen LogP contribution in [-0.2, 0) is 17.7 Å². The number of fused-ring (bicyclic) bond motifs is 1. The molecule has 1 unspecified atom stereocenters. The normalized spacial score (nSPS) is 15.9. The average Bonchev–Trinajstić information content (AvgIpc) is 3.27.